The second-order valence-electron chi connectivity index (χ2n) is 3.87. The summed E-state index contributed by atoms with van der Waals surface area (Å²) in [5.41, 5.74) is 2.48. The summed E-state index contributed by atoms with van der Waals surface area (Å²) in [7, 11) is 0. The van der Waals surface area contributed by atoms with Crippen molar-refractivity contribution in [2.45, 2.75) is 38.2 Å². The lowest BCUT2D eigenvalue weighted by Crippen LogP contribution is -1.95. The SMILES string of the molecule is CCC(O)c1cccc(C2CC2)c1. The zero-order valence-corrected chi connectivity index (χ0v) is 8.03. The third-order valence-corrected chi connectivity index (χ3v) is 2.73. The number of hydrogen-bond acceptors (Lipinski definition) is 1. The van der Waals surface area contributed by atoms with E-state index in [4.69, 9.17) is 0 Å². The first-order valence-corrected chi connectivity index (χ1v) is 5.09. The summed E-state index contributed by atoms with van der Waals surface area (Å²) in [6.07, 6.45) is 3.17. The van der Waals surface area contributed by atoms with Crippen molar-refractivity contribution in [2.24, 2.45) is 0 Å². The zero-order valence-electron chi connectivity index (χ0n) is 8.03. The average molecular weight is 176 g/mol. The molecule has 70 valence electrons. The van der Waals surface area contributed by atoms with Crippen molar-refractivity contribution in [3.63, 3.8) is 0 Å². The Morgan fingerprint density at radius 1 is 1.46 bits per heavy atom. The van der Waals surface area contributed by atoms with Crippen molar-refractivity contribution in [3.05, 3.63) is 35.4 Å². The van der Waals surface area contributed by atoms with Gasteiger partial charge in [-0.3, -0.25) is 0 Å². The van der Waals surface area contributed by atoms with E-state index in [1.807, 2.05) is 13.0 Å². The Morgan fingerprint density at radius 3 is 2.85 bits per heavy atom. The lowest BCUT2D eigenvalue weighted by Gasteiger charge is -2.09. The molecule has 1 fully saturated rings. The topological polar surface area (TPSA) is 20.2 Å². The molecular formula is C12H16O. The molecule has 0 aliphatic heterocycles. The minimum Gasteiger partial charge on any atom is -0.388 e. The van der Waals surface area contributed by atoms with Crippen LogP contribution in [0.1, 0.15) is 49.3 Å². The predicted molar refractivity (Wildman–Crippen MR) is 53.7 cm³/mol. The van der Waals surface area contributed by atoms with Crippen molar-refractivity contribution in [2.75, 3.05) is 0 Å². The highest BCUT2D eigenvalue weighted by molar-refractivity contribution is 5.30. The van der Waals surface area contributed by atoms with Gasteiger partial charge in [0.2, 0.25) is 0 Å². The molecule has 0 radical (unpaired) electrons. The van der Waals surface area contributed by atoms with Crippen LogP contribution in [0.4, 0.5) is 0 Å². The lowest BCUT2D eigenvalue weighted by atomic mass is 10.0. The third-order valence-electron chi connectivity index (χ3n) is 2.73. The van der Waals surface area contributed by atoms with Gasteiger partial charge >= 0.3 is 0 Å². The number of hydrogen-bond donors (Lipinski definition) is 1. The van der Waals surface area contributed by atoms with Crippen molar-refractivity contribution in [1.29, 1.82) is 0 Å². The summed E-state index contributed by atoms with van der Waals surface area (Å²) in [6, 6.07) is 8.40. The molecule has 1 aromatic carbocycles. The summed E-state index contributed by atoms with van der Waals surface area (Å²) >= 11 is 0. The van der Waals surface area contributed by atoms with Crippen LogP contribution < -0.4 is 0 Å². The molecule has 1 aliphatic rings. The molecule has 1 unspecified atom stereocenters. The summed E-state index contributed by atoms with van der Waals surface area (Å²) in [5.74, 6) is 0.781. The van der Waals surface area contributed by atoms with Crippen LogP contribution in [-0.4, -0.2) is 5.11 Å². The molecular weight excluding hydrogens is 160 g/mol. The van der Waals surface area contributed by atoms with Crippen molar-refractivity contribution < 1.29 is 5.11 Å². The van der Waals surface area contributed by atoms with Gasteiger partial charge in [0.1, 0.15) is 0 Å². The first-order chi connectivity index (χ1) is 6.31. The van der Waals surface area contributed by atoms with Gasteiger partial charge in [0, 0.05) is 0 Å². The monoisotopic (exact) mass is 176 g/mol. The van der Waals surface area contributed by atoms with Crippen LogP contribution in [0.15, 0.2) is 24.3 Å². The molecule has 0 bridgehead atoms. The summed E-state index contributed by atoms with van der Waals surface area (Å²) in [4.78, 5) is 0. The van der Waals surface area contributed by atoms with E-state index in [1.165, 1.54) is 18.4 Å². The van der Waals surface area contributed by atoms with Gasteiger partial charge < -0.3 is 5.11 Å². The molecule has 0 aromatic heterocycles. The molecule has 0 heterocycles. The first kappa shape index (κ1) is 8.76. The fourth-order valence-electron chi connectivity index (χ4n) is 1.67. The Balaban J connectivity index is 2.21. The first-order valence-electron chi connectivity index (χ1n) is 5.09. The van der Waals surface area contributed by atoms with Crippen LogP contribution in [0.2, 0.25) is 0 Å². The summed E-state index contributed by atoms with van der Waals surface area (Å²) < 4.78 is 0. The van der Waals surface area contributed by atoms with E-state index < -0.39 is 0 Å². The second-order valence-corrected chi connectivity index (χ2v) is 3.87. The summed E-state index contributed by atoms with van der Waals surface area (Å²) in [5, 5.41) is 9.66. The van der Waals surface area contributed by atoms with Gasteiger partial charge in [-0.25, -0.2) is 0 Å². The Bertz CT molecular complexity index is 289. The van der Waals surface area contributed by atoms with E-state index in [1.54, 1.807) is 0 Å². The molecule has 1 aromatic rings. The highest BCUT2D eigenvalue weighted by Gasteiger charge is 2.23. The second kappa shape index (κ2) is 3.51. The Morgan fingerprint density at radius 2 is 2.23 bits per heavy atom. The van der Waals surface area contributed by atoms with Crippen molar-refractivity contribution in [3.8, 4) is 0 Å². The number of aliphatic hydroxyl groups excluding tert-OH is 1. The largest absolute Gasteiger partial charge is 0.388 e. The van der Waals surface area contributed by atoms with E-state index in [9.17, 15) is 5.11 Å². The molecule has 1 heteroatoms. The van der Waals surface area contributed by atoms with E-state index in [-0.39, 0.29) is 6.10 Å². The molecule has 0 spiro atoms. The number of rotatable bonds is 3. The normalized spacial score (nSPS) is 18.6. The third kappa shape index (κ3) is 1.92. The van der Waals surface area contributed by atoms with Gasteiger partial charge in [-0.2, -0.15) is 0 Å². The average Bonchev–Trinajstić information content (AvgIpc) is 3.00. The molecule has 1 atom stereocenters. The fraction of sp³-hybridized carbons (Fsp3) is 0.500. The number of benzene rings is 1. The molecule has 1 aliphatic carbocycles. The van der Waals surface area contributed by atoms with Gasteiger partial charge in [-0.1, -0.05) is 31.2 Å². The molecule has 1 N–H and O–H groups in total. The van der Waals surface area contributed by atoms with Crippen LogP contribution in [0.3, 0.4) is 0 Å². The van der Waals surface area contributed by atoms with Crippen LogP contribution >= 0.6 is 0 Å². The van der Waals surface area contributed by atoms with E-state index >= 15 is 0 Å². The number of aliphatic hydroxyl groups is 1. The zero-order chi connectivity index (χ0) is 9.26. The van der Waals surface area contributed by atoms with Crippen molar-refractivity contribution >= 4 is 0 Å². The Kier molecular flexibility index (Phi) is 2.36. The lowest BCUT2D eigenvalue weighted by molar-refractivity contribution is 0.173. The van der Waals surface area contributed by atoms with Gasteiger partial charge in [-0.05, 0) is 36.3 Å². The molecule has 0 saturated heterocycles. The molecule has 1 saturated carbocycles. The molecule has 13 heavy (non-hydrogen) atoms. The Hall–Kier alpha value is -0.820. The molecule has 0 amide bonds. The minimum atomic E-state index is -0.279. The molecule has 1 nitrogen and oxygen atoms in total. The summed E-state index contributed by atoms with van der Waals surface area (Å²) in [6.45, 7) is 2.01. The van der Waals surface area contributed by atoms with Crippen LogP contribution in [0.5, 0.6) is 0 Å². The van der Waals surface area contributed by atoms with E-state index in [2.05, 4.69) is 18.2 Å². The van der Waals surface area contributed by atoms with Crippen LogP contribution in [-0.2, 0) is 0 Å². The van der Waals surface area contributed by atoms with E-state index in [0.717, 1.165) is 17.9 Å². The standard InChI is InChI=1S/C12H16O/c1-2-12(13)11-5-3-4-10(8-11)9-6-7-9/h3-5,8-9,12-13H,2,6-7H2,1H3. The maximum Gasteiger partial charge on any atom is 0.0787 e. The highest BCUT2D eigenvalue weighted by atomic mass is 16.3. The quantitative estimate of drug-likeness (QED) is 0.750. The van der Waals surface area contributed by atoms with Crippen molar-refractivity contribution in [1.82, 2.24) is 0 Å². The Labute approximate surface area is 79.4 Å². The highest BCUT2D eigenvalue weighted by Crippen LogP contribution is 2.40. The van der Waals surface area contributed by atoms with Gasteiger partial charge in [-0.15, -0.1) is 0 Å². The smallest absolute Gasteiger partial charge is 0.0787 e. The minimum absolute atomic E-state index is 0.279. The maximum absolute atomic E-state index is 9.66. The molecule has 2 rings (SSSR count). The fourth-order valence-corrected chi connectivity index (χ4v) is 1.67. The van der Waals surface area contributed by atoms with Crippen LogP contribution in [0, 0.1) is 0 Å². The predicted octanol–water partition coefficient (Wildman–Crippen LogP) is 3.01. The van der Waals surface area contributed by atoms with Gasteiger partial charge in [0.15, 0.2) is 0 Å². The van der Waals surface area contributed by atoms with Crippen LogP contribution in [0.25, 0.3) is 0 Å². The van der Waals surface area contributed by atoms with Gasteiger partial charge in [0.05, 0.1) is 6.10 Å². The maximum atomic E-state index is 9.66. The van der Waals surface area contributed by atoms with Gasteiger partial charge in [0.25, 0.3) is 0 Å². The van der Waals surface area contributed by atoms with E-state index in [0.29, 0.717) is 0 Å².